The van der Waals surface area contributed by atoms with Crippen molar-refractivity contribution in [1.82, 2.24) is 0 Å². The van der Waals surface area contributed by atoms with Gasteiger partial charge in [-0.2, -0.15) is 0 Å². The summed E-state index contributed by atoms with van der Waals surface area (Å²) in [4.78, 5) is 0. The maximum Gasteiger partial charge on any atom is 0.118 e. The first-order valence-corrected chi connectivity index (χ1v) is 9.09. The molecule has 0 aliphatic heterocycles. The van der Waals surface area contributed by atoms with Crippen LogP contribution in [-0.4, -0.2) is 7.11 Å². The van der Waals surface area contributed by atoms with Gasteiger partial charge in [-0.15, -0.1) is 5.92 Å². The molecule has 3 rings (SSSR count). The van der Waals surface area contributed by atoms with Gasteiger partial charge in [0.2, 0.25) is 0 Å². The normalized spacial score (nSPS) is 9.56. The summed E-state index contributed by atoms with van der Waals surface area (Å²) in [6, 6.07) is 24.7. The monoisotopic (exact) mass is 350 g/mol. The molecular formula is C26H22O. The molecule has 0 aliphatic carbocycles. The maximum absolute atomic E-state index is 5.21. The minimum absolute atomic E-state index is 0.800. The Labute approximate surface area is 162 Å². The fraction of sp³-hybridized carbons (Fsp3) is 0.154. The lowest BCUT2D eigenvalue weighted by Crippen LogP contribution is -1.84. The second-order valence-corrected chi connectivity index (χ2v) is 6.14. The smallest absolute Gasteiger partial charge is 0.118 e. The maximum atomic E-state index is 5.21. The van der Waals surface area contributed by atoms with Gasteiger partial charge in [-0.25, -0.2) is 0 Å². The summed E-state index contributed by atoms with van der Waals surface area (Å²) in [5.41, 5.74) is 5.58. The molecule has 1 nitrogen and oxygen atoms in total. The van der Waals surface area contributed by atoms with E-state index in [2.05, 4.69) is 91.3 Å². The Morgan fingerprint density at radius 3 is 1.70 bits per heavy atom. The number of rotatable bonds is 3. The van der Waals surface area contributed by atoms with Gasteiger partial charge in [-0.05, 0) is 53.1 Å². The molecule has 0 fully saturated rings. The number of hydrogen-bond donors (Lipinski definition) is 0. The fourth-order valence-electron chi connectivity index (χ4n) is 2.67. The highest BCUT2D eigenvalue weighted by Gasteiger charge is 1.98. The summed E-state index contributed by atoms with van der Waals surface area (Å²) in [5, 5.41) is 0. The third kappa shape index (κ3) is 5.27. The highest BCUT2D eigenvalue weighted by Crippen LogP contribution is 2.22. The number of methoxy groups -OCH3 is 1. The van der Waals surface area contributed by atoms with Crippen molar-refractivity contribution >= 4 is 0 Å². The zero-order valence-corrected chi connectivity index (χ0v) is 15.8. The molecule has 0 aromatic heterocycles. The molecule has 0 heterocycles. The highest BCUT2D eigenvalue weighted by atomic mass is 16.5. The highest BCUT2D eigenvalue weighted by molar-refractivity contribution is 5.65. The van der Waals surface area contributed by atoms with Crippen LogP contribution in [0.5, 0.6) is 5.75 Å². The van der Waals surface area contributed by atoms with Crippen LogP contribution in [-0.2, 0) is 6.42 Å². The molecule has 0 N–H and O–H groups in total. The third-order valence-electron chi connectivity index (χ3n) is 4.21. The van der Waals surface area contributed by atoms with Crippen LogP contribution in [0.4, 0.5) is 0 Å². The van der Waals surface area contributed by atoms with Gasteiger partial charge in [0.15, 0.2) is 0 Å². The predicted molar refractivity (Wildman–Crippen MR) is 113 cm³/mol. The number of hydrogen-bond acceptors (Lipinski definition) is 1. The summed E-state index contributed by atoms with van der Waals surface area (Å²) in [7, 11) is 1.68. The summed E-state index contributed by atoms with van der Waals surface area (Å²) < 4.78 is 5.21. The van der Waals surface area contributed by atoms with Crippen molar-refractivity contribution in [2.45, 2.75) is 19.8 Å². The van der Waals surface area contributed by atoms with E-state index in [0.717, 1.165) is 35.3 Å². The Hall–Kier alpha value is -3.42. The Morgan fingerprint density at radius 2 is 1.19 bits per heavy atom. The first-order chi connectivity index (χ1) is 13.3. The minimum Gasteiger partial charge on any atom is -0.497 e. The topological polar surface area (TPSA) is 9.23 Å². The number of ether oxygens (including phenoxy) is 1. The molecule has 3 aromatic carbocycles. The minimum atomic E-state index is 0.800. The summed E-state index contributed by atoms with van der Waals surface area (Å²) in [6.07, 6.45) is 1.70. The van der Waals surface area contributed by atoms with Gasteiger partial charge in [0.1, 0.15) is 5.75 Å². The van der Waals surface area contributed by atoms with E-state index in [9.17, 15) is 0 Å². The second-order valence-electron chi connectivity index (χ2n) is 6.14. The van der Waals surface area contributed by atoms with Crippen molar-refractivity contribution in [3.63, 3.8) is 0 Å². The standard InChI is InChI=1S/C26H22O/c1-3-4-5-6-21-7-9-22(10-8-21)11-12-23-13-15-24(16-14-23)25-17-19-26(27-2)20-18-25/h7-10,13-20H,3,6H2,1-2H3. The Kier molecular flexibility index (Phi) is 6.35. The average Bonchev–Trinajstić information content (AvgIpc) is 2.74. The molecule has 132 valence electrons. The molecule has 0 radical (unpaired) electrons. The fourth-order valence-corrected chi connectivity index (χ4v) is 2.67. The van der Waals surface area contributed by atoms with Crippen molar-refractivity contribution in [1.29, 1.82) is 0 Å². The second kappa shape index (κ2) is 9.33. The lowest BCUT2D eigenvalue weighted by atomic mass is 10.0. The van der Waals surface area contributed by atoms with E-state index in [4.69, 9.17) is 4.74 Å². The lowest BCUT2D eigenvalue weighted by Gasteiger charge is -2.04. The SMILES string of the molecule is CCC#CCc1ccc(C#Cc2ccc(-c3ccc(OC)cc3)cc2)cc1. The molecule has 0 unspecified atom stereocenters. The van der Waals surface area contributed by atoms with Crippen LogP contribution in [0.25, 0.3) is 11.1 Å². The van der Waals surface area contributed by atoms with Gasteiger partial charge in [-0.1, -0.05) is 61.1 Å². The zero-order valence-electron chi connectivity index (χ0n) is 15.8. The zero-order chi connectivity index (χ0) is 18.9. The first kappa shape index (κ1) is 18.4. The quantitative estimate of drug-likeness (QED) is 0.549. The molecule has 0 amide bonds. The Morgan fingerprint density at radius 1 is 0.667 bits per heavy atom. The van der Waals surface area contributed by atoms with Gasteiger partial charge in [-0.3, -0.25) is 0 Å². The van der Waals surface area contributed by atoms with E-state index in [-0.39, 0.29) is 0 Å². The largest absolute Gasteiger partial charge is 0.497 e. The third-order valence-corrected chi connectivity index (χ3v) is 4.21. The van der Waals surface area contributed by atoms with Crippen LogP contribution < -0.4 is 4.74 Å². The molecule has 27 heavy (non-hydrogen) atoms. The predicted octanol–water partition coefficient (Wildman–Crippen LogP) is 5.72. The van der Waals surface area contributed by atoms with Crippen molar-refractivity contribution in [3.8, 4) is 40.6 Å². The van der Waals surface area contributed by atoms with Gasteiger partial charge in [0, 0.05) is 24.0 Å². The Balaban J connectivity index is 1.68. The summed E-state index contributed by atoms with van der Waals surface area (Å²) in [6.45, 7) is 2.06. The van der Waals surface area contributed by atoms with Crippen LogP contribution in [0.3, 0.4) is 0 Å². The molecule has 3 aromatic rings. The molecule has 0 saturated carbocycles. The van der Waals surface area contributed by atoms with Crippen molar-refractivity contribution in [3.05, 3.63) is 89.5 Å². The van der Waals surface area contributed by atoms with E-state index in [0.29, 0.717) is 0 Å². The van der Waals surface area contributed by atoms with E-state index in [1.807, 2.05) is 12.1 Å². The van der Waals surface area contributed by atoms with Gasteiger partial charge >= 0.3 is 0 Å². The van der Waals surface area contributed by atoms with Crippen LogP contribution in [0.15, 0.2) is 72.8 Å². The van der Waals surface area contributed by atoms with Crippen molar-refractivity contribution < 1.29 is 4.74 Å². The average molecular weight is 350 g/mol. The molecule has 0 spiro atoms. The molecule has 0 saturated heterocycles. The molecule has 1 heteroatoms. The van der Waals surface area contributed by atoms with Gasteiger partial charge in [0.25, 0.3) is 0 Å². The van der Waals surface area contributed by atoms with E-state index < -0.39 is 0 Å². The van der Waals surface area contributed by atoms with Crippen LogP contribution in [0.1, 0.15) is 30.0 Å². The van der Waals surface area contributed by atoms with Crippen LogP contribution >= 0.6 is 0 Å². The van der Waals surface area contributed by atoms with Crippen LogP contribution in [0, 0.1) is 23.7 Å². The lowest BCUT2D eigenvalue weighted by molar-refractivity contribution is 0.415. The van der Waals surface area contributed by atoms with Crippen molar-refractivity contribution in [2.75, 3.05) is 7.11 Å². The van der Waals surface area contributed by atoms with E-state index >= 15 is 0 Å². The molecule has 0 aliphatic rings. The number of benzene rings is 3. The summed E-state index contributed by atoms with van der Waals surface area (Å²) in [5.74, 6) is 13.6. The van der Waals surface area contributed by atoms with Gasteiger partial charge < -0.3 is 4.74 Å². The first-order valence-electron chi connectivity index (χ1n) is 9.09. The van der Waals surface area contributed by atoms with Crippen LogP contribution in [0.2, 0.25) is 0 Å². The Bertz CT molecular complexity index is 987. The van der Waals surface area contributed by atoms with E-state index in [1.54, 1.807) is 7.11 Å². The van der Waals surface area contributed by atoms with Gasteiger partial charge in [0.05, 0.1) is 7.11 Å². The van der Waals surface area contributed by atoms with Crippen molar-refractivity contribution in [2.24, 2.45) is 0 Å². The summed E-state index contributed by atoms with van der Waals surface area (Å²) >= 11 is 0. The van der Waals surface area contributed by atoms with E-state index in [1.165, 1.54) is 11.1 Å². The molecular weight excluding hydrogens is 328 g/mol. The molecule has 0 bridgehead atoms. The molecule has 0 atom stereocenters.